The van der Waals surface area contributed by atoms with Gasteiger partial charge in [0.05, 0.1) is 0 Å². The van der Waals surface area contributed by atoms with Crippen LogP contribution in [-0.2, 0) is 0 Å². The molecule has 110 valence electrons. The van der Waals surface area contributed by atoms with E-state index in [1.807, 2.05) is 9.12 Å². The molecular weight excluding hydrogens is 648 g/mol. The predicted molar refractivity (Wildman–Crippen MR) is 76.3 cm³/mol. The number of hydrogen-bond donors (Lipinski definition) is 2. The van der Waals surface area contributed by atoms with Crippen LogP contribution in [0.2, 0.25) is 0 Å². The van der Waals surface area contributed by atoms with Crippen LogP contribution in [0.3, 0.4) is 0 Å². The van der Waals surface area contributed by atoms with Crippen molar-refractivity contribution in [2.24, 2.45) is 0 Å². The molecule has 0 amide bonds. The van der Waals surface area contributed by atoms with Crippen molar-refractivity contribution in [3.8, 4) is 0 Å². The summed E-state index contributed by atoms with van der Waals surface area (Å²) in [5.41, 5.74) is 0. The van der Waals surface area contributed by atoms with Crippen molar-refractivity contribution < 1.29 is 50.6 Å². The van der Waals surface area contributed by atoms with Gasteiger partial charge >= 0.3 is 132 Å². The molecule has 0 rings (SSSR count). The molecule has 0 aromatic rings. The normalized spacial score (nSPS) is 17.2. The van der Waals surface area contributed by atoms with E-state index in [2.05, 4.69) is 35.5 Å². The first-order valence-electron chi connectivity index (χ1n) is 3.81. The SMILES string of the molecule is C[I-](C)(Cl)SN[I-](C)(C)SN[I-](C)(C)SCl. The Morgan fingerprint density at radius 2 is 1.25 bits per heavy atom. The van der Waals surface area contributed by atoms with E-state index >= 15 is 0 Å². The summed E-state index contributed by atoms with van der Waals surface area (Å²) in [5, 5.41) is 0. The minimum absolute atomic E-state index is 1.49. The van der Waals surface area contributed by atoms with E-state index < -0.39 is 50.6 Å². The van der Waals surface area contributed by atoms with Crippen LogP contribution < -0.4 is 56.4 Å². The number of nitrogens with one attached hydrogen (secondary N) is 2. The van der Waals surface area contributed by atoms with Gasteiger partial charge in [0.2, 0.25) is 0 Å². The van der Waals surface area contributed by atoms with Gasteiger partial charge in [-0.3, -0.25) is 0 Å². The Balaban J connectivity index is 4.06. The fourth-order valence-electron chi connectivity index (χ4n) is 0.310. The number of halogens is 5. The second kappa shape index (κ2) is 8.25. The molecule has 0 heterocycles. The van der Waals surface area contributed by atoms with Crippen LogP contribution in [0.5, 0.6) is 0 Å². The topological polar surface area (TPSA) is 24.1 Å². The third kappa shape index (κ3) is 11.6. The van der Waals surface area contributed by atoms with Gasteiger partial charge in [0, 0.05) is 0 Å². The van der Waals surface area contributed by atoms with Gasteiger partial charge in [-0.15, -0.1) is 0 Å². The van der Waals surface area contributed by atoms with Crippen molar-refractivity contribution in [2.45, 2.75) is 0 Å². The molecule has 2 nitrogen and oxygen atoms in total. The monoisotopic (exact) mass is 667 g/mol. The predicted octanol–water partition coefficient (Wildman–Crippen LogP) is -5.66. The van der Waals surface area contributed by atoms with Crippen LogP contribution >= 0.6 is 46.0 Å². The molecule has 0 saturated heterocycles. The molecule has 0 unspecified atom stereocenters. The molecule has 0 fully saturated rings. The molecule has 16 heavy (non-hydrogen) atoms. The summed E-state index contributed by atoms with van der Waals surface area (Å²) < 4.78 is 7.21. The Kier molecular flexibility index (Phi) is 10.2. The van der Waals surface area contributed by atoms with E-state index in [0.29, 0.717) is 0 Å². The molecule has 10 heteroatoms. The standard InChI is InChI=1S/C6H20Cl2I3N2S3/c1-9(2,7)15-13-11(5,6)16-12-10(3,4)14-8/h12-13H,1-6H3/q-3. The van der Waals surface area contributed by atoms with Gasteiger partial charge < -0.3 is 0 Å². The van der Waals surface area contributed by atoms with Crippen LogP contribution in [-0.4, -0.2) is 29.6 Å². The van der Waals surface area contributed by atoms with E-state index in [4.69, 9.17) is 19.6 Å². The Hall–Kier alpha value is 3.74. The third-order valence-corrected chi connectivity index (χ3v) is 35.4. The maximum atomic E-state index is 6.32. The van der Waals surface area contributed by atoms with Crippen molar-refractivity contribution in [3.05, 3.63) is 0 Å². The van der Waals surface area contributed by atoms with Crippen LogP contribution in [0, 0.1) is 0 Å². The summed E-state index contributed by atoms with van der Waals surface area (Å²) in [6, 6.07) is 0. The molecule has 0 aromatic heterocycles. The summed E-state index contributed by atoms with van der Waals surface area (Å²) in [7, 11) is 17.4. The molecule has 0 aliphatic rings. The van der Waals surface area contributed by atoms with E-state index in [9.17, 15) is 0 Å². The van der Waals surface area contributed by atoms with Gasteiger partial charge in [0.25, 0.3) is 0 Å². The van der Waals surface area contributed by atoms with Crippen molar-refractivity contribution >= 4 is 46.0 Å². The zero-order chi connectivity index (χ0) is 13.0. The number of rotatable bonds is 7. The van der Waals surface area contributed by atoms with E-state index in [1.54, 1.807) is 9.12 Å². The maximum absolute atomic E-state index is 6.32. The first-order chi connectivity index (χ1) is 6.97. The van der Waals surface area contributed by atoms with Gasteiger partial charge in [0.1, 0.15) is 0 Å². The second-order valence-corrected chi connectivity index (χ2v) is 53.4. The summed E-state index contributed by atoms with van der Waals surface area (Å²) in [4.78, 5) is 13.5. The van der Waals surface area contributed by atoms with Crippen molar-refractivity contribution in [2.75, 3.05) is 29.6 Å². The first-order valence-corrected chi connectivity index (χ1v) is 32.6. The number of alkyl halides is 6. The Morgan fingerprint density at radius 1 is 0.812 bits per heavy atom. The molecule has 2 N–H and O–H groups in total. The molecule has 0 aliphatic carbocycles. The van der Waals surface area contributed by atoms with E-state index in [1.165, 1.54) is 8.15 Å². The quantitative estimate of drug-likeness (QED) is 0.122. The van der Waals surface area contributed by atoms with E-state index in [-0.39, 0.29) is 0 Å². The Morgan fingerprint density at radius 3 is 1.62 bits per heavy atom. The molecule has 0 bridgehead atoms. The third-order valence-electron chi connectivity index (χ3n) is 0.952. The van der Waals surface area contributed by atoms with Gasteiger partial charge in [-0.1, -0.05) is 0 Å². The average molecular weight is 668 g/mol. The van der Waals surface area contributed by atoms with Crippen molar-refractivity contribution in [1.82, 2.24) is 5.87 Å². The van der Waals surface area contributed by atoms with Crippen molar-refractivity contribution in [1.29, 1.82) is 0 Å². The van der Waals surface area contributed by atoms with Crippen LogP contribution in [0.15, 0.2) is 0 Å². The first kappa shape index (κ1) is 19.7. The van der Waals surface area contributed by atoms with Gasteiger partial charge in [-0.05, 0) is 0 Å². The van der Waals surface area contributed by atoms with E-state index in [0.717, 1.165) is 0 Å². The fraction of sp³-hybridized carbons (Fsp3) is 1.00. The van der Waals surface area contributed by atoms with Crippen LogP contribution in [0.4, 0.5) is 0 Å². The second-order valence-electron chi connectivity index (χ2n) is 3.68. The average Bonchev–Trinajstić information content (AvgIpc) is 2.12. The number of hydrogen-bond acceptors (Lipinski definition) is 5. The molecule has 0 atom stereocenters. The van der Waals surface area contributed by atoms with Gasteiger partial charge in [-0.2, -0.15) is 0 Å². The zero-order valence-corrected chi connectivity index (χ0v) is 20.5. The molecule has 0 aromatic carbocycles. The summed E-state index contributed by atoms with van der Waals surface area (Å²) in [6.07, 6.45) is 0. The summed E-state index contributed by atoms with van der Waals surface area (Å²) >= 11 is -5.80. The van der Waals surface area contributed by atoms with Crippen molar-refractivity contribution in [3.63, 3.8) is 0 Å². The summed E-state index contributed by atoms with van der Waals surface area (Å²) in [6.45, 7) is 0. The zero-order valence-electron chi connectivity index (χ0n) is 10.1. The molecular formula is C6H20Cl2I3N2S3-3. The Labute approximate surface area is 129 Å². The molecule has 0 radical (unpaired) electrons. The Bertz CT molecular complexity index is 226. The minimum atomic E-state index is -1.98. The summed E-state index contributed by atoms with van der Waals surface area (Å²) in [5.74, 6) is 0. The van der Waals surface area contributed by atoms with Crippen LogP contribution in [0.25, 0.3) is 0 Å². The van der Waals surface area contributed by atoms with Crippen LogP contribution in [0.1, 0.15) is 0 Å². The van der Waals surface area contributed by atoms with Gasteiger partial charge in [-0.25, -0.2) is 0 Å². The molecule has 0 saturated carbocycles. The van der Waals surface area contributed by atoms with Gasteiger partial charge in [0.15, 0.2) is 0 Å². The molecule has 0 spiro atoms. The molecule has 0 aliphatic heterocycles. The fourth-order valence-corrected chi connectivity index (χ4v) is 50.7.